The first-order valence-electron chi connectivity index (χ1n) is 10.2. The molecule has 8 heteroatoms. The summed E-state index contributed by atoms with van der Waals surface area (Å²) in [5, 5.41) is 0. The first-order chi connectivity index (χ1) is 12.9. The summed E-state index contributed by atoms with van der Waals surface area (Å²) >= 11 is 0. The number of ether oxygens (including phenoxy) is 1. The number of hydrogen-bond donors (Lipinski definition) is 0. The molecule has 0 aliphatic carbocycles. The van der Waals surface area contributed by atoms with Gasteiger partial charge in [0.2, 0.25) is 0 Å². The van der Waals surface area contributed by atoms with Gasteiger partial charge in [0.15, 0.2) is 0 Å². The third kappa shape index (κ3) is 17.4. The number of nitrogens with zero attached hydrogens (tertiary/aromatic N) is 1. The monoisotopic (exact) mass is 409 g/mol. The topological polar surface area (TPSA) is 74.3 Å². The summed E-state index contributed by atoms with van der Waals surface area (Å²) in [7, 11) is 1.55. The minimum Gasteiger partial charge on any atom is -0.466 e. The molecule has 0 heterocycles. The maximum absolute atomic E-state index is 12.2. The van der Waals surface area contributed by atoms with E-state index in [0.29, 0.717) is 19.4 Å². The number of esters is 1. The molecule has 0 fully saturated rings. The van der Waals surface area contributed by atoms with Crippen molar-refractivity contribution in [2.45, 2.75) is 71.1 Å². The number of phosphoric ester groups is 1. The number of unbranched alkanes of at least 4 members (excludes halogenated alkanes) is 7. The van der Waals surface area contributed by atoms with Crippen LogP contribution >= 0.6 is 7.82 Å². The average molecular weight is 410 g/mol. The van der Waals surface area contributed by atoms with Gasteiger partial charge in [-0.25, -0.2) is 4.57 Å². The Hall–Kier alpha value is -0.460. The summed E-state index contributed by atoms with van der Waals surface area (Å²) in [5.74, 6) is -0.182. The predicted octanol–water partition coefficient (Wildman–Crippen LogP) is 4.80. The van der Waals surface area contributed by atoms with Gasteiger partial charge in [0, 0.05) is 26.5 Å². The highest BCUT2D eigenvalue weighted by Gasteiger charge is 2.24. The molecule has 1 unspecified atom stereocenters. The van der Waals surface area contributed by atoms with Crippen molar-refractivity contribution in [2.75, 3.05) is 47.6 Å². The highest BCUT2D eigenvalue weighted by molar-refractivity contribution is 7.48. The van der Waals surface area contributed by atoms with E-state index in [-0.39, 0.29) is 25.8 Å². The molecule has 0 aromatic carbocycles. The minimum atomic E-state index is -3.52. The first kappa shape index (κ1) is 26.5. The SMILES string of the molecule is CCCCCCCCCCC(=O)OCCCOP(=O)(OC)OCCN(C)C. The first-order valence-corrected chi connectivity index (χ1v) is 11.6. The smallest absolute Gasteiger partial charge is 0.466 e. The molecule has 0 aromatic heterocycles. The van der Waals surface area contributed by atoms with Crippen LogP contribution in [0, 0.1) is 0 Å². The summed E-state index contributed by atoms with van der Waals surface area (Å²) in [6.07, 6.45) is 10.5. The summed E-state index contributed by atoms with van der Waals surface area (Å²) in [5.41, 5.74) is 0. The van der Waals surface area contributed by atoms with E-state index in [1.54, 1.807) is 0 Å². The van der Waals surface area contributed by atoms with Crippen LogP contribution in [0.5, 0.6) is 0 Å². The number of phosphoric acid groups is 1. The van der Waals surface area contributed by atoms with Crippen molar-refractivity contribution in [1.29, 1.82) is 0 Å². The maximum atomic E-state index is 12.2. The van der Waals surface area contributed by atoms with Crippen molar-refractivity contribution in [2.24, 2.45) is 0 Å². The molecule has 0 rings (SSSR count). The van der Waals surface area contributed by atoms with Gasteiger partial charge in [0.05, 0.1) is 19.8 Å². The van der Waals surface area contributed by atoms with Crippen molar-refractivity contribution in [3.05, 3.63) is 0 Å². The minimum absolute atomic E-state index is 0.151. The molecular formula is C19H40NO6P. The molecule has 0 radical (unpaired) electrons. The lowest BCUT2D eigenvalue weighted by molar-refractivity contribution is -0.144. The van der Waals surface area contributed by atoms with Crippen LogP contribution in [0.4, 0.5) is 0 Å². The van der Waals surface area contributed by atoms with Crippen molar-refractivity contribution in [3.8, 4) is 0 Å². The standard InChI is InChI=1S/C19H40NO6P/c1-5-6-7-8-9-10-11-12-14-19(21)24-16-13-17-25-27(22,23-4)26-18-15-20(2)3/h5-18H2,1-4H3. The predicted molar refractivity (Wildman–Crippen MR) is 108 cm³/mol. The van der Waals surface area contributed by atoms with Gasteiger partial charge in [-0.05, 0) is 20.5 Å². The van der Waals surface area contributed by atoms with Gasteiger partial charge >= 0.3 is 13.8 Å². The highest BCUT2D eigenvalue weighted by Crippen LogP contribution is 2.48. The van der Waals surface area contributed by atoms with Crippen molar-refractivity contribution < 1.29 is 27.7 Å². The molecule has 0 saturated heterocycles. The molecule has 7 nitrogen and oxygen atoms in total. The Kier molecular flexibility index (Phi) is 17.3. The van der Waals surface area contributed by atoms with Crippen LogP contribution in [0.3, 0.4) is 0 Å². The Morgan fingerprint density at radius 1 is 0.852 bits per heavy atom. The van der Waals surface area contributed by atoms with E-state index < -0.39 is 7.82 Å². The third-order valence-corrected chi connectivity index (χ3v) is 5.49. The van der Waals surface area contributed by atoms with Crippen molar-refractivity contribution >= 4 is 13.8 Å². The molecule has 162 valence electrons. The third-order valence-electron chi connectivity index (χ3n) is 4.05. The van der Waals surface area contributed by atoms with E-state index in [2.05, 4.69) is 6.92 Å². The molecule has 27 heavy (non-hydrogen) atoms. The number of rotatable bonds is 19. The molecule has 0 amide bonds. The van der Waals surface area contributed by atoms with E-state index in [1.807, 2.05) is 19.0 Å². The van der Waals surface area contributed by atoms with Gasteiger partial charge in [0.1, 0.15) is 0 Å². The quantitative estimate of drug-likeness (QED) is 0.172. The number of likely N-dealkylation sites (N-methyl/N-ethyl adjacent to an activating group) is 1. The Bertz CT molecular complexity index is 406. The fraction of sp³-hybridized carbons (Fsp3) is 0.947. The van der Waals surface area contributed by atoms with Crippen LogP contribution in [-0.2, 0) is 27.7 Å². The zero-order valence-electron chi connectivity index (χ0n) is 17.7. The fourth-order valence-corrected chi connectivity index (χ4v) is 3.32. The van der Waals surface area contributed by atoms with Gasteiger partial charge < -0.3 is 9.64 Å². The van der Waals surface area contributed by atoms with Gasteiger partial charge in [-0.3, -0.25) is 18.4 Å². The largest absolute Gasteiger partial charge is 0.474 e. The second-order valence-electron chi connectivity index (χ2n) is 6.90. The van der Waals surface area contributed by atoms with Gasteiger partial charge in [-0.1, -0.05) is 51.9 Å². The lowest BCUT2D eigenvalue weighted by Crippen LogP contribution is -2.18. The Labute approximate surface area is 165 Å². The van der Waals surface area contributed by atoms with E-state index in [9.17, 15) is 9.36 Å². The van der Waals surface area contributed by atoms with Crippen LogP contribution in [0.25, 0.3) is 0 Å². The molecule has 0 spiro atoms. The maximum Gasteiger partial charge on any atom is 0.474 e. The molecule has 0 aliphatic rings. The van der Waals surface area contributed by atoms with Crippen LogP contribution in [0.1, 0.15) is 71.1 Å². The molecule has 0 aliphatic heterocycles. The molecule has 0 saturated carbocycles. The van der Waals surface area contributed by atoms with E-state index in [1.165, 1.54) is 45.6 Å². The number of carbonyl (C=O) groups is 1. The van der Waals surface area contributed by atoms with Crippen LogP contribution < -0.4 is 0 Å². The fourth-order valence-electron chi connectivity index (χ4n) is 2.37. The van der Waals surface area contributed by atoms with Gasteiger partial charge in [0.25, 0.3) is 0 Å². The molecule has 0 aromatic rings. The van der Waals surface area contributed by atoms with Gasteiger partial charge in [-0.15, -0.1) is 0 Å². The van der Waals surface area contributed by atoms with E-state index in [0.717, 1.165) is 12.8 Å². The summed E-state index contributed by atoms with van der Waals surface area (Å²) in [4.78, 5) is 13.6. The summed E-state index contributed by atoms with van der Waals surface area (Å²) in [6.45, 7) is 3.49. The summed E-state index contributed by atoms with van der Waals surface area (Å²) in [6, 6.07) is 0. The second kappa shape index (κ2) is 17.6. The highest BCUT2D eigenvalue weighted by atomic mass is 31.2. The van der Waals surface area contributed by atoms with Gasteiger partial charge in [-0.2, -0.15) is 0 Å². The number of hydrogen-bond acceptors (Lipinski definition) is 7. The Morgan fingerprint density at radius 3 is 2.04 bits per heavy atom. The van der Waals surface area contributed by atoms with E-state index in [4.69, 9.17) is 18.3 Å². The molecule has 1 atom stereocenters. The summed E-state index contributed by atoms with van der Waals surface area (Å²) < 4.78 is 32.5. The zero-order valence-corrected chi connectivity index (χ0v) is 18.6. The molecule has 0 N–H and O–H groups in total. The van der Waals surface area contributed by atoms with Crippen molar-refractivity contribution in [3.63, 3.8) is 0 Å². The lowest BCUT2D eigenvalue weighted by Gasteiger charge is -2.17. The molecular weight excluding hydrogens is 369 g/mol. The van der Waals surface area contributed by atoms with E-state index >= 15 is 0 Å². The average Bonchev–Trinajstić information content (AvgIpc) is 2.63. The molecule has 0 bridgehead atoms. The Balaban J connectivity index is 3.59. The van der Waals surface area contributed by atoms with Crippen LogP contribution in [-0.4, -0.2) is 58.4 Å². The van der Waals surface area contributed by atoms with Crippen LogP contribution in [0.15, 0.2) is 0 Å². The second-order valence-corrected chi connectivity index (χ2v) is 8.67. The van der Waals surface area contributed by atoms with Crippen LogP contribution in [0.2, 0.25) is 0 Å². The lowest BCUT2D eigenvalue weighted by atomic mass is 10.1. The normalized spacial score (nSPS) is 13.7. The van der Waals surface area contributed by atoms with Crippen molar-refractivity contribution in [1.82, 2.24) is 4.90 Å². The number of carbonyl (C=O) groups excluding carboxylic acids is 1. The zero-order chi connectivity index (χ0) is 20.4. The Morgan fingerprint density at radius 2 is 1.44 bits per heavy atom.